The molecule has 0 radical (unpaired) electrons. The van der Waals surface area contributed by atoms with Crippen molar-refractivity contribution in [3.05, 3.63) is 52.2 Å². The van der Waals surface area contributed by atoms with Crippen molar-refractivity contribution in [3.63, 3.8) is 0 Å². The molecule has 1 aromatic heterocycles. The first kappa shape index (κ1) is 18.2. The number of nitrogens with zero attached hydrogens (tertiary/aromatic N) is 1. The molecule has 6 heteroatoms. The molecule has 0 saturated heterocycles. The Morgan fingerprint density at radius 3 is 2.54 bits per heavy atom. The largest absolute Gasteiger partial charge is 0.347 e. The predicted molar refractivity (Wildman–Crippen MR) is 102 cm³/mol. The zero-order chi connectivity index (χ0) is 18.4. The van der Waals surface area contributed by atoms with E-state index in [1.165, 1.54) is 11.3 Å². The third-order valence-corrected chi connectivity index (χ3v) is 6.06. The Morgan fingerprint density at radius 2 is 1.85 bits per heavy atom. The van der Waals surface area contributed by atoms with Gasteiger partial charge in [0.2, 0.25) is 0 Å². The maximum Gasteiger partial charge on any atom is 0.313 e. The highest BCUT2D eigenvalue weighted by molar-refractivity contribution is 7.10. The van der Waals surface area contributed by atoms with Gasteiger partial charge in [-0.2, -0.15) is 5.26 Å². The number of rotatable bonds is 4. The summed E-state index contributed by atoms with van der Waals surface area (Å²) in [7, 11) is 0. The highest BCUT2D eigenvalue weighted by Crippen LogP contribution is 2.41. The minimum atomic E-state index is -0.746. The Labute approximate surface area is 157 Å². The fourth-order valence-electron chi connectivity index (χ4n) is 3.52. The molecule has 0 bridgehead atoms. The van der Waals surface area contributed by atoms with E-state index in [2.05, 4.69) is 22.1 Å². The molecule has 0 spiro atoms. The lowest BCUT2D eigenvalue weighted by Crippen LogP contribution is -2.45. The van der Waals surface area contributed by atoms with Crippen LogP contribution in [0, 0.1) is 11.3 Å². The molecular formula is C20H21N3O2S. The smallest absolute Gasteiger partial charge is 0.313 e. The van der Waals surface area contributed by atoms with Crippen LogP contribution in [0.15, 0.2) is 41.8 Å². The summed E-state index contributed by atoms with van der Waals surface area (Å²) in [6, 6.07) is 12.8. The topological polar surface area (TPSA) is 82.0 Å². The fourth-order valence-corrected chi connectivity index (χ4v) is 4.50. The van der Waals surface area contributed by atoms with Gasteiger partial charge in [-0.05, 0) is 36.4 Å². The second-order valence-corrected chi connectivity index (χ2v) is 7.56. The number of thiophene rings is 1. The van der Waals surface area contributed by atoms with Crippen LogP contribution in [0.2, 0.25) is 0 Å². The molecule has 5 nitrogen and oxygen atoms in total. The van der Waals surface area contributed by atoms with Crippen molar-refractivity contribution in [2.75, 3.05) is 11.9 Å². The van der Waals surface area contributed by atoms with Crippen molar-refractivity contribution in [1.82, 2.24) is 5.32 Å². The number of carbonyl (C=O) groups is 2. The highest BCUT2D eigenvalue weighted by atomic mass is 32.1. The van der Waals surface area contributed by atoms with Crippen LogP contribution in [0.3, 0.4) is 0 Å². The van der Waals surface area contributed by atoms with Crippen LogP contribution in [0.4, 0.5) is 5.69 Å². The van der Waals surface area contributed by atoms with E-state index in [4.69, 9.17) is 5.26 Å². The minimum absolute atomic E-state index is 0.0765. The summed E-state index contributed by atoms with van der Waals surface area (Å²) in [6.45, 7) is 0.458. The van der Waals surface area contributed by atoms with Crippen molar-refractivity contribution in [3.8, 4) is 6.07 Å². The Kier molecular flexibility index (Phi) is 5.69. The number of carbonyl (C=O) groups excluding carboxylic acids is 2. The monoisotopic (exact) mass is 367 g/mol. The van der Waals surface area contributed by atoms with Gasteiger partial charge < -0.3 is 10.6 Å². The van der Waals surface area contributed by atoms with E-state index >= 15 is 0 Å². The van der Waals surface area contributed by atoms with Crippen molar-refractivity contribution in [2.45, 2.75) is 37.5 Å². The van der Waals surface area contributed by atoms with Crippen LogP contribution in [0.25, 0.3) is 0 Å². The molecule has 1 aromatic carbocycles. The average Bonchev–Trinajstić information content (AvgIpc) is 3.23. The van der Waals surface area contributed by atoms with Crippen LogP contribution in [0.5, 0.6) is 0 Å². The molecule has 2 aromatic rings. The number of hydrogen-bond acceptors (Lipinski definition) is 4. The Morgan fingerprint density at radius 1 is 1.08 bits per heavy atom. The van der Waals surface area contributed by atoms with E-state index in [0.717, 1.165) is 25.7 Å². The van der Waals surface area contributed by atoms with Crippen molar-refractivity contribution >= 4 is 28.8 Å². The molecule has 0 unspecified atom stereocenters. The summed E-state index contributed by atoms with van der Waals surface area (Å²) in [4.78, 5) is 25.8. The molecule has 1 heterocycles. The van der Waals surface area contributed by atoms with Gasteiger partial charge in [0, 0.05) is 16.8 Å². The molecule has 0 aliphatic heterocycles. The SMILES string of the molecule is N#Cc1ccccc1NC(=O)C(=O)NCC1(c2cccs2)CCCCC1. The van der Waals surface area contributed by atoms with E-state index < -0.39 is 11.8 Å². The standard InChI is InChI=1S/C20H21N3O2S/c21-13-15-7-2-3-8-16(15)23-19(25)18(24)22-14-20(10-4-1-5-11-20)17-9-6-12-26-17/h2-3,6-9,12H,1,4-5,10-11,14H2,(H,22,24)(H,23,25). The number of anilines is 1. The van der Waals surface area contributed by atoms with Crippen molar-refractivity contribution < 1.29 is 9.59 Å². The second kappa shape index (κ2) is 8.15. The normalized spacial score (nSPS) is 15.7. The molecular weight excluding hydrogens is 346 g/mol. The number of hydrogen-bond donors (Lipinski definition) is 2. The van der Waals surface area contributed by atoms with Crippen molar-refractivity contribution in [1.29, 1.82) is 5.26 Å². The van der Waals surface area contributed by atoms with Crippen LogP contribution >= 0.6 is 11.3 Å². The van der Waals surface area contributed by atoms with Gasteiger partial charge in [0.15, 0.2) is 0 Å². The lowest BCUT2D eigenvalue weighted by Gasteiger charge is -2.36. The van der Waals surface area contributed by atoms with Gasteiger partial charge in [-0.15, -0.1) is 11.3 Å². The zero-order valence-electron chi connectivity index (χ0n) is 14.5. The number of benzene rings is 1. The quantitative estimate of drug-likeness (QED) is 0.811. The van der Waals surface area contributed by atoms with Gasteiger partial charge in [-0.3, -0.25) is 9.59 Å². The van der Waals surface area contributed by atoms with Gasteiger partial charge in [-0.1, -0.05) is 37.5 Å². The molecule has 1 aliphatic rings. The van der Waals surface area contributed by atoms with Crippen LogP contribution in [-0.4, -0.2) is 18.4 Å². The molecule has 0 atom stereocenters. The van der Waals surface area contributed by atoms with Gasteiger partial charge in [0.25, 0.3) is 0 Å². The first-order chi connectivity index (χ1) is 12.6. The van der Waals surface area contributed by atoms with Crippen LogP contribution < -0.4 is 10.6 Å². The van der Waals surface area contributed by atoms with Crippen LogP contribution in [-0.2, 0) is 15.0 Å². The van der Waals surface area contributed by atoms with Gasteiger partial charge >= 0.3 is 11.8 Å². The molecule has 134 valence electrons. The Bertz CT molecular complexity index is 818. The highest BCUT2D eigenvalue weighted by Gasteiger charge is 2.35. The Hall–Kier alpha value is -2.65. The van der Waals surface area contributed by atoms with Gasteiger partial charge in [0.1, 0.15) is 6.07 Å². The third kappa shape index (κ3) is 3.94. The summed E-state index contributed by atoms with van der Waals surface area (Å²) in [5.74, 6) is -1.41. The summed E-state index contributed by atoms with van der Waals surface area (Å²) in [6.07, 6.45) is 5.52. The average molecular weight is 367 g/mol. The Balaban J connectivity index is 1.65. The van der Waals surface area contributed by atoms with E-state index in [1.54, 1.807) is 35.6 Å². The molecule has 3 rings (SSSR count). The first-order valence-corrected chi connectivity index (χ1v) is 9.65. The number of nitriles is 1. The molecule has 26 heavy (non-hydrogen) atoms. The van der Waals surface area contributed by atoms with E-state index in [0.29, 0.717) is 17.8 Å². The maximum absolute atomic E-state index is 12.3. The molecule has 1 fully saturated rings. The predicted octanol–water partition coefficient (Wildman–Crippen LogP) is 3.58. The number of nitrogens with one attached hydrogen (secondary N) is 2. The molecule has 2 N–H and O–H groups in total. The molecule has 1 saturated carbocycles. The summed E-state index contributed by atoms with van der Waals surface area (Å²) in [5, 5.41) is 16.5. The maximum atomic E-state index is 12.3. The summed E-state index contributed by atoms with van der Waals surface area (Å²) < 4.78 is 0. The van der Waals surface area contributed by atoms with E-state index in [9.17, 15) is 9.59 Å². The van der Waals surface area contributed by atoms with E-state index in [1.807, 2.05) is 12.1 Å². The summed E-state index contributed by atoms with van der Waals surface area (Å²) in [5.41, 5.74) is 0.601. The number of amides is 2. The molecule has 2 amide bonds. The van der Waals surface area contributed by atoms with Gasteiger partial charge in [-0.25, -0.2) is 0 Å². The second-order valence-electron chi connectivity index (χ2n) is 6.61. The lowest BCUT2D eigenvalue weighted by atomic mass is 9.73. The first-order valence-electron chi connectivity index (χ1n) is 8.77. The summed E-state index contributed by atoms with van der Waals surface area (Å²) >= 11 is 1.71. The van der Waals surface area contributed by atoms with Crippen LogP contribution in [0.1, 0.15) is 42.5 Å². The minimum Gasteiger partial charge on any atom is -0.347 e. The fraction of sp³-hybridized carbons (Fsp3) is 0.350. The van der Waals surface area contributed by atoms with E-state index in [-0.39, 0.29) is 5.41 Å². The number of para-hydroxylation sites is 1. The molecule has 1 aliphatic carbocycles. The third-order valence-electron chi connectivity index (χ3n) is 4.94. The van der Waals surface area contributed by atoms with Crippen molar-refractivity contribution in [2.24, 2.45) is 0 Å². The lowest BCUT2D eigenvalue weighted by molar-refractivity contribution is -0.136. The zero-order valence-corrected chi connectivity index (χ0v) is 15.3. The van der Waals surface area contributed by atoms with Gasteiger partial charge in [0.05, 0.1) is 11.3 Å².